The van der Waals surface area contributed by atoms with E-state index in [4.69, 9.17) is 10.7 Å². The first-order valence-electron chi connectivity index (χ1n) is 9.26. The molecule has 8 heteroatoms. The van der Waals surface area contributed by atoms with Gasteiger partial charge in [0.15, 0.2) is 11.5 Å². The van der Waals surface area contributed by atoms with Crippen LogP contribution < -0.4 is 15.2 Å². The first kappa shape index (κ1) is 19.2. The Morgan fingerprint density at radius 2 is 2.03 bits per heavy atom. The summed E-state index contributed by atoms with van der Waals surface area (Å²) in [4.78, 5) is 4.77. The van der Waals surface area contributed by atoms with Crippen molar-refractivity contribution in [2.24, 2.45) is 10.7 Å². The largest absolute Gasteiger partial charge is 0.586 e. The van der Waals surface area contributed by atoms with Crippen LogP contribution in [0, 0.1) is 0 Å². The number of benzene rings is 1. The van der Waals surface area contributed by atoms with Crippen molar-refractivity contribution < 1.29 is 18.3 Å². The highest BCUT2D eigenvalue weighted by molar-refractivity contribution is 6.11. The lowest BCUT2D eigenvalue weighted by Gasteiger charge is -2.11. The van der Waals surface area contributed by atoms with Gasteiger partial charge in [0, 0.05) is 11.3 Å². The number of nitrogens with two attached hydrogens (primary N) is 1. The molecule has 2 aliphatic rings. The number of alkyl halides is 2. The minimum absolute atomic E-state index is 0.0201. The van der Waals surface area contributed by atoms with Crippen molar-refractivity contribution in [3.05, 3.63) is 71.2 Å². The third kappa shape index (κ3) is 3.89. The maximum absolute atomic E-state index is 13.2. The molecule has 5 nitrogen and oxygen atoms in total. The number of ether oxygens (including phenoxy) is 2. The molecule has 0 amide bonds. The predicted molar refractivity (Wildman–Crippen MR) is 112 cm³/mol. The number of fused-ring (bicyclic) bond motifs is 1. The Morgan fingerprint density at radius 3 is 2.76 bits per heavy atom. The molecule has 1 aromatic heterocycles. The van der Waals surface area contributed by atoms with Gasteiger partial charge in [-0.2, -0.15) is 0 Å². The van der Waals surface area contributed by atoms with Gasteiger partial charge in [0.25, 0.3) is 0 Å². The summed E-state index contributed by atoms with van der Waals surface area (Å²) < 4.78 is 37.3. The molecule has 2 aromatic rings. The molecule has 4 rings (SSSR count). The second-order valence-corrected chi connectivity index (χ2v) is 6.94. The third-order valence-corrected chi connectivity index (χ3v) is 4.78. The van der Waals surface area contributed by atoms with Crippen molar-refractivity contribution in [2.45, 2.75) is 19.6 Å². The topological polar surface area (TPSA) is 61.8 Å². The zero-order chi connectivity index (χ0) is 20.6. The smallest absolute Gasteiger partial charge is 0.399 e. The van der Waals surface area contributed by atoms with Crippen molar-refractivity contribution in [1.82, 2.24) is 4.48 Å². The molecule has 0 spiro atoms. The first-order valence-corrected chi connectivity index (χ1v) is 9.26. The summed E-state index contributed by atoms with van der Waals surface area (Å²) in [5.41, 5.74) is 11.5. The van der Waals surface area contributed by atoms with Gasteiger partial charge in [-0.15, -0.1) is 8.78 Å². The molecule has 3 heterocycles. The van der Waals surface area contributed by atoms with Gasteiger partial charge < -0.3 is 19.7 Å². The molecule has 29 heavy (non-hydrogen) atoms. The fraction of sp³-hybridized carbons (Fsp3) is 0.190. The van der Waals surface area contributed by atoms with Crippen LogP contribution in [0.4, 0.5) is 8.78 Å². The summed E-state index contributed by atoms with van der Waals surface area (Å²) in [6.07, 6.45) is 4.74. The molecule has 2 aliphatic heterocycles. The van der Waals surface area contributed by atoms with Crippen LogP contribution in [0.1, 0.15) is 24.6 Å². The van der Waals surface area contributed by atoms with E-state index >= 15 is 0 Å². The minimum Gasteiger partial charge on any atom is -0.399 e. The summed E-state index contributed by atoms with van der Waals surface area (Å²) in [6, 6.07) is 8.71. The van der Waals surface area contributed by atoms with E-state index in [1.165, 1.54) is 12.1 Å². The molecule has 0 radical (unpaired) electrons. The lowest BCUT2D eigenvalue weighted by Crippen LogP contribution is -2.25. The van der Waals surface area contributed by atoms with Gasteiger partial charge in [-0.1, -0.05) is 12.1 Å². The Kier molecular flexibility index (Phi) is 4.88. The normalized spacial score (nSPS) is 18.9. The number of hydrogen-bond acceptors (Lipinski definition) is 4. The summed E-state index contributed by atoms with van der Waals surface area (Å²) in [6.45, 7) is 2.54. The quantitative estimate of drug-likeness (QED) is 0.790. The second-order valence-electron chi connectivity index (χ2n) is 6.94. The average molecular weight is 395 g/mol. The molecular formula is C21H20BF2N3O2. The van der Waals surface area contributed by atoms with Gasteiger partial charge in [0.1, 0.15) is 0 Å². The summed E-state index contributed by atoms with van der Waals surface area (Å²) in [5.74, 6) is 0.0482. The van der Waals surface area contributed by atoms with Crippen LogP contribution in [0.25, 0.3) is 11.6 Å². The van der Waals surface area contributed by atoms with Crippen LogP contribution in [0.15, 0.2) is 64.9 Å². The molecule has 2 N–H and O–H groups in total. The van der Waals surface area contributed by atoms with E-state index in [-0.39, 0.29) is 11.5 Å². The Bertz CT molecular complexity index is 1080. The van der Waals surface area contributed by atoms with E-state index in [0.29, 0.717) is 12.1 Å². The predicted octanol–water partition coefficient (Wildman–Crippen LogP) is 3.38. The monoisotopic (exact) mass is 395 g/mol. The van der Waals surface area contributed by atoms with E-state index in [2.05, 4.69) is 20.0 Å². The molecule has 0 aliphatic carbocycles. The molecule has 0 bridgehead atoms. The first-order chi connectivity index (χ1) is 13.9. The number of aromatic nitrogens is 1. The molecule has 0 saturated heterocycles. The van der Waals surface area contributed by atoms with E-state index in [1.807, 2.05) is 39.3 Å². The van der Waals surface area contributed by atoms with Crippen molar-refractivity contribution in [3.63, 3.8) is 0 Å². The van der Waals surface area contributed by atoms with Crippen LogP contribution in [0.2, 0.25) is 0 Å². The van der Waals surface area contributed by atoms with Crippen molar-refractivity contribution >= 4 is 25.3 Å². The maximum atomic E-state index is 13.2. The summed E-state index contributed by atoms with van der Waals surface area (Å²) in [7, 11) is 1.99. The van der Waals surface area contributed by atoms with Crippen LogP contribution in [0.5, 0.6) is 11.5 Å². The lowest BCUT2D eigenvalue weighted by atomic mass is 10.0. The Balaban J connectivity index is 1.62. The lowest BCUT2D eigenvalue weighted by molar-refractivity contribution is -0.286. The Labute approximate surface area is 168 Å². The van der Waals surface area contributed by atoms with E-state index in [0.717, 1.165) is 34.7 Å². The van der Waals surface area contributed by atoms with Gasteiger partial charge in [-0.25, -0.2) is 4.99 Å². The third-order valence-electron chi connectivity index (χ3n) is 4.78. The van der Waals surface area contributed by atoms with Crippen LogP contribution >= 0.6 is 0 Å². The average Bonchev–Trinajstić information content (AvgIpc) is 3.33. The number of rotatable bonds is 5. The standard InChI is InChI=1S/C21H20BF2N3O2/c1-13-11-15(26-20(13)16(8-9-25)17-3-2-10-27(17)22)6-4-14-5-7-18-19(12-14)29-21(23,24)28-18/h2-7,10-12H,8-9,22,25H2,1H3/b6-4+,20-16-. The zero-order valence-electron chi connectivity index (χ0n) is 16.2. The zero-order valence-corrected chi connectivity index (χ0v) is 16.2. The van der Waals surface area contributed by atoms with Crippen molar-refractivity contribution in [3.8, 4) is 11.5 Å². The fourth-order valence-electron chi connectivity index (χ4n) is 3.47. The minimum atomic E-state index is -3.61. The molecule has 1 aromatic carbocycles. The van der Waals surface area contributed by atoms with Gasteiger partial charge in [0.2, 0.25) is 7.98 Å². The molecular weight excluding hydrogens is 375 g/mol. The van der Waals surface area contributed by atoms with E-state index in [1.54, 1.807) is 12.1 Å². The Morgan fingerprint density at radius 1 is 1.24 bits per heavy atom. The van der Waals surface area contributed by atoms with Gasteiger partial charge in [0.05, 0.1) is 11.4 Å². The number of allylic oxidation sites excluding steroid dienone is 3. The van der Waals surface area contributed by atoms with Crippen LogP contribution in [-0.2, 0) is 0 Å². The second kappa shape index (κ2) is 7.37. The number of halogens is 2. The molecule has 0 unspecified atom stereocenters. The van der Waals surface area contributed by atoms with Gasteiger partial charge in [-0.05, 0) is 73.6 Å². The van der Waals surface area contributed by atoms with E-state index < -0.39 is 6.29 Å². The molecule has 148 valence electrons. The van der Waals surface area contributed by atoms with Crippen LogP contribution in [-0.4, -0.2) is 31.0 Å². The van der Waals surface area contributed by atoms with Gasteiger partial charge in [-0.3, -0.25) is 0 Å². The highest BCUT2D eigenvalue weighted by atomic mass is 19.3. The summed E-state index contributed by atoms with van der Waals surface area (Å²) >= 11 is 0. The number of nitrogens with zero attached hydrogens (tertiary/aromatic N) is 2. The molecule has 0 fully saturated rings. The van der Waals surface area contributed by atoms with Crippen molar-refractivity contribution in [2.75, 3.05) is 6.54 Å². The van der Waals surface area contributed by atoms with Crippen molar-refractivity contribution in [1.29, 1.82) is 0 Å². The highest BCUT2D eigenvalue weighted by Crippen LogP contribution is 2.41. The number of hydrogen-bond donors (Lipinski definition) is 1. The van der Waals surface area contributed by atoms with Crippen LogP contribution in [0.3, 0.4) is 0 Å². The number of aliphatic imine (C=N–C) groups is 1. The molecule has 0 atom stereocenters. The Hall–Kier alpha value is -3.13. The van der Waals surface area contributed by atoms with Gasteiger partial charge >= 0.3 is 6.29 Å². The van der Waals surface area contributed by atoms with E-state index in [9.17, 15) is 8.78 Å². The fourth-order valence-corrected chi connectivity index (χ4v) is 3.47. The SMILES string of the molecule is Bn1cccc1/C(CCN)=C1N=C(/C=C/c2ccc3c(c2)OC(F)(F)O3)C=C\1C. The maximum Gasteiger partial charge on any atom is 0.586 e. The highest BCUT2D eigenvalue weighted by Gasteiger charge is 2.43. The molecule has 0 saturated carbocycles. The summed E-state index contributed by atoms with van der Waals surface area (Å²) in [5, 5.41) is 0.